The largest absolute Gasteiger partial charge is 0.467 e. The Morgan fingerprint density at radius 1 is 1.09 bits per heavy atom. The van der Waals surface area contributed by atoms with Gasteiger partial charge in [-0.1, -0.05) is 25.5 Å². The van der Waals surface area contributed by atoms with Crippen LogP contribution in [0.2, 0.25) is 0 Å². The van der Waals surface area contributed by atoms with Gasteiger partial charge in [0, 0.05) is 12.3 Å². The summed E-state index contributed by atoms with van der Waals surface area (Å²) in [5.41, 5.74) is 1.94. The summed E-state index contributed by atoms with van der Waals surface area (Å²) in [6.07, 6.45) is 12.3. The molecule has 6 nitrogen and oxygen atoms in total. The molecular formula is C28H41NO5. The molecular weight excluding hydrogens is 430 g/mol. The second-order valence-electron chi connectivity index (χ2n) is 12.1. The number of carbonyl (C=O) groups is 3. The number of amides is 1. The van der Waals surface area contributed by atoms with Crippen molar-refractivity contribution in [2.75, 3.05) is 13.8 Å². The van der Waals surface area contributed by atoms with Crippen molar-refractivity contribution in [3.05, 3.63) is 11.6 Å². The number of ether oxygens (including phenoxy) is 2. The number of fused-ring (bicyclic) bond motifs is 5. The summed E-state index contributed by atoms with van der Waals surface area (Å²) >= 11 is 0. The quantitative estimate of drug-likeness (QED) is 0.431. The Balaban J connectivity index is 1.26. The van der Waals surface area contributed by atoms with Crippen LogP contribution in [0.3, 0.4) is 0 Å². The number of esters is 1. The summed E-state index contributed by atoms with van der Waals surface area (Å²) in [6.45, 7) is 6.85. The summed E-state index contributed by atoms with van der Waals surface area (Å²) in [6, 6.07) is -0.511. The van der Waals surface area contributed by atoms with E-state index in [4.69, 9.17) is 9.47 Å². The number of likely N-dealkylation sites (tertiary alicyclic amines) is 1. The van der Waals surface area contributed by atoms with Crippen LogP contribution in [-0.4, -0.2) is 48.5 Å². The average molecular weight is 472 g/mol. The van der Waals surface area contributed by atoms with Gasteiger partial charge in [0.1, 0.15) is 18.6 Å². The second-order valence-corrected chi connectivity index (χ2v) is 12.1. The molecule has 0 radical (unpaired) electrons. The van der Waals surface area contributed by atoms with Crippen LogP contribution in [0.4, 0.5) is 0 Å². The fourth-order valence-electron chi connectivity index (χ4n) is 8.90. The molecule has 6 heteroatoms. The minimum Gasteiger partial charge on any atom is -0.467 e. The fraction of sp³-hybridized carbons (Fsp3) is 0.821. The first-order valence-electron chi connectivity index (χ1n) is 13.4. The van der Waals surface area contributed by atoms with Crippen LogP contribution in [0.5, 0.6) is 0 Å². The molecule has 1 amide bonds. The maximum absolute atomic E-state index is 12.4. The van der Waals surface area contributed by atoms with E-state index in [0.29, 0.717) is 36.4 Å². The molecule has 1 saturated heterocycles. The van der Waals surface area contributed by atoms with E-state index < -0.39 is 6.04 Å². The van der Waals surface area contributed by atoms with Crippen molar-refractivity contribution in [3.8, 4) is 0 Å². The standard InChI is InChI=1S/C28H41NO5/c1-17(30)21-7-8-22-20-6-5-18-15-19(11-13-27(18,2)23(20)12-14-28(21,22)3)34-16-29-24(26(32)33-4)9-10-25(29)31/h5,19-24H,6-16H2,1-4H3/t19-,20-,21+,22-,23-,24-,27-,28+/m0/s1. The summed E-state index contributed by atoms with van der Waals surface area (Å²) in [7, 11) is 1.37. The predicted octanol–water partition coefficient (Wildman–Crippen LogP) is 4.66. The molecule has 0 N–H and O–H groups in total. The normalized spacial score (nSPS) is 43.6. The zero-order chi connectivity index (χ0) is 24.3. The molecule has 0 spiro atoms. The van der Waals surface area contributed by atoms with Gasteiger partial charge in [0.25, 0.3) is 0 Å². The Bertz CT molecular complexity index is 897. The number of hydrogen-bond acceptors (Lipinski definition) is 5. The molecule has 0 aromatic rings. The average Bonchev–Trinajstić information content (AvgIpc) is 3.36. The van der Waals surface area contributed by atoms with Crippen LogP contribution in [0.1, 0.15) is 85.0 Å². The molecule has 1 heterocycles. The Kier molecular flexibility index (Phi) is 6.19. The highest BCUT2D eigenvalue weighted by molar-refractivity contribution is 5.88. The predicted molar refractivity (Wildman–Crippen MR) is 127 cm³/mol. The van der Waals surface area contributed by atoms with Crippen molar-refractivity contribution >= 4 is 17.7 Å². The number of Topliss-reactive ketones (excluding diaryl/α,β-unsaturated/α-hetero) is 1. The van der Waals surface area contributed by atoms with Crippen molar-refractivity contribution in [1.29, 1.82) is 0 Å². The van der Waals surface area contributed by atoms with E-state index in [1.54, 1.807) is 11.8 Å². The summed E-state index contributed by atoms with van der Waals surface area (Å²) in [5.74, 6) is 2.32. The van der Waals surface area contributed by atoms with Gasteiger partial charge in [-0.2, -0.15) is 0 Å². The highest BCUT2D eigenvalue weighted by atomic mass is 16.5. The first-order chi connectivity index (χ1) is 16.2. The van der Waals surface area contributed by atoms with Gasteiger partial charge in [-0.05, 0) is 93.3 Å². The van der Waals surface area contributed by atoms with Crippen LogP contribution in [0.15, 0.2) is 11.6 Å². The lowest BCUT2D eigenvalue weighted by Crippen LogP contribution is -2.51. The number of allylic oxidation sites excluding steroid dienone is 1. The van der Waals surface area contributed by atoms with Gasteiger partial charge in [-0.3, -0.25) is 9.59 Å². The van der Waals surface area contributed by atoms with E-state index in [2.05, 4.69) is 19.9 Å². The summed E-state index contributed by atoms with van der Waals surface area (Å²) < 4.78 is 11.1. The first kappa shape index (κ1) is 24.0. The molecule has 5 aliphatic rings. The van der Waals surface area contributed by atoms with Crippen molar-refractivity contribution < 1.29 is 23.9 Å². The van der Waals surface area contributed by atoms with Crippen molar-refractivity contribution in [3.63, 3.8) is 0 Å². The van der Waals surface area contributed by atoms with Crippen molar-refractivity contribution in [2.45, 2.75) is 97.1 Å². The van der Waals surface area contributed by atoms with E-state index in [-0.39, 0.29) is 41.5 Å². The lowest BCUT2D eigenvalue weighted by Gasteiger charge is -2.58. The third-order valence-electron chi connectivity index (χ3n) is 10.8. The molecule has 0 aromatic heterocycles. The SMILES string of the molecule is COC(=O)[C@@H]1CCC(=O)N1CO[C@H]1CC[C@@]2(C)C(=CC[C@H]3[C@@H]4CC[C@H](C(C)=O)[C@@]4(C)CC[C@@H]32)C1. The number of rotatable bonds is 5. The Morgan fingerprint density at radius 2 is 1.88 bits per heavy atom. The zero-order valence-corrected chi connectivity index (χ0v) is 21.3. The first-order valence-corrected chi connectivity index (χ1v) is 13.4. The number of methoxy groups -OCH3 is 1. The van der Waals surface area contributed by atoms with E-state index >= 15 is 0 Å². The number of hydrogen-bond donors (Lipinski definition) is 0. The summed E-state index contributed by atoms with van der Waals surface area (Å²) in [5, 5.41) is 0. The third-order valence-corrected chi connectivity index (χ3v) is 10.8. The minimum absolute atomic E-state index is 0.0264. The molecule has 4 fully saturated rings. The molecule has 1 aliphatic heterocycles. The maximum atomic E-state index is 12.4. The minimum atomic E-state index is -0.511. The molecule has 3 saturated carbocycles. The molecule has 34 heavy (non-hydrogen) atoms. The van der Waals surface area contributed by atoms with E-state index in [1.165, 1.54) is 31.9 Å². The zero-order valence-electron chi connectivity index (χ0n) is 21.3. The van der Waals surface area contributed by atoms with Crippen LogP contribution >= 0.6 is 0 Å². The second kappa shape index (κ2) is 8.76. The fourth-order valence-corrected chi connectivity index (χ4v) is 8.90. The van der Waals surface area contributed by atoms with Crippen LogP contribution in [0, 0.1) is 34.5 Å². The van der Waals surface area contributed by atoms with Gasteiger partial charge in [-0.15, -0.1) is 0 Å². The van der Waals surface area contributed by atoms with Crippen LogP contribution in [-0.2, 0) is 23.9 Å². The van der Waals surface area contributed by atoms with Crippen LogP contribution < -0.4 is 0 Å². The highest BCUT2D eigenvalue weighted by Crippen LogP contribution is 2.66. The number of carbonyl (C=O) groups excluding carboxylic acids is 3. The van der Waals surface area contributed by atoms with Gasteiger partial charge < -0.3 is 14.4 Å². The van der Waals surface area contributed by atoms with Gasteiger partial charge in [0.2, 0.25) is 5.91 Å². The third kappa shape index (κ3) is 3.66. The molecule has 0 bridgehead atoms. The van der Waals surface area contributed by atoms with Gasteiger partial charge >= 0.3 is 5.97 Å². The van der Waals surface area contributed by atoms with Gasteiger partial charge in [0.05, 0.1) is 13.2 Å². The molecule has 188 valence electrons. The highest BCUT2D eigenvalue weighted by Gasteiger charge is 2.59. The molecule has 0 aromatic carbocycles. The number of ketones is 1. The van der Waals surface area contributed by atoms with E-state index in [1.807, 2.05) is 0 Å². The number of nitrogens with zero attached hydrogens (tertiary/aromatic N) is 1. The lowest BCUT2D eigenvalue weighted by atomic mass is 9.47. The maximum Gasteiger partial charge on any atom is 0.328 e. The van der Waals surface area contributed by atoms with Crippen LogP contribution in [0.25, 0.3) is 0 Å². The molecule has 4 aliphatic carbocycles. The smallest absolute Gasteiger partial charge is 0.328 e. The van der Waals surface area contributed by atoms with Gasteiger partial charge in [0.15, 0.2) is 0 Å². The van der Waals surface area contributed by atoms with Crippen molar-refractivity contribution in [2.24, 2.45) is 34.5 Å². The Morgan fingerprint density at radius 3 is 2.62 bits per heavy atom. The van der Waals surface area contributed by atoms with Crippen molar-refractivity contribution in [1.82, 2.24) is 4.90 Å². The molecule has 8 atom stereocenters. The Labute approximate surface area is 203 Å². The van der Waals surface area contributed by atoms with E-state index in [0.717, 1.165) is 32.1 Å². The van der Waals surface area contributed by atoms with E-state index in [9.17, 15) is 14.4 Å². The summed E-state index contributed by atoms with van der Waals surface area (Å²) in [4.78, 5) is 38.3. The van der Waals surface area contributed by atoms with Gasteiger partial charge in [-0.25, -0.2) is 4.79 Å². The Hall–Kier alpha value is -1.69. The molecule has 0 unspecified atom stereocenters. The lowest BCUT2D eigenvalue weighted by molar-refractivity contribution is -0.155. The monoisotopic (exact) mass is 471 g/mol. The molecule has 5 rings (SSSR count). The topological polar surface area (TPSA) is 72.9 Å².